The maximum atomic E-state index is 12.4. The van der Waals surface area contributed by atoms with Crippen molar-refractivity contribution in [3.8, 4) is 5.88 Å². The molecule has 1 saturated carbocycles. The lowest BCUT2D eigenvalue weighted by molar-refractivity contribution is -0.137. The number of rotatable bonds is 5. The predicted octanol–water partition coefficient (Wildman–Crippen LogP) is 2.52. The Hall–Kier alpha value is -1.83. The van der Waals surface area contributed by atoms with E-state index in [1.807, 2.05) is 0 Å². The quantitative estimate of drug-likeness (QED) is 0.795. The number of hydrogen-bond acceptors (Lipinski definition) is 4. The fourth-order valence-electron chi connectivity index (χ4n) is 3.61. The molecule has 1 aliphatic heterocycles. The van der Waals surface area contributed by atoms with Crippen LogP contribution >= 0.6 is 0 Å². The van der Waals surface area contributed by atoms with Gasteiger partial charge in [0.25, 0.3) is 0 Å². The highest BCUT2D eigenvalue weighted by Gasteiger charge is 2.38. The first-order valence-electron chi connectivity index (χ1n) is 8.63. The van der Waals surface area contributed by atoms with E-state index in [1.54, 1.807) is 0 Å². The van der Waals surface area contributed by atoms with Crippen LogP contribution in [0.4, 0.5) is 13.2 Å². The Morgan fingerprint density at radius 3 is 2.80 bits per heavy atom. The summed E-state index contributed by atoms with van der Waals surface area (Å²) in [5.41, 5.74) is -0.818. The summed E-state index contributed by atoms with van der Waals surface area (Å²) < 4.78 is 42.6. The molecule has 1 amide bonds. The molecule has 0 aromatic carbocycles. The molecular weight excluding hydrogens is 335 g/mol. The highest BCUT2D eigenvalue weighted by Crippen LogP contribution is 2.33. The third-order valence-corrected chi connectivity index (χ3v) is 4.89. The molecule has 0 radical (unpaired) electrons. The molecule has 2 aliphatic rings. The Morgan fingerprint density at radius 2 is 2.12 bits per heavy atom. The summed E-state index contributed by atoms with van der Waals surface area (Å²) in [7, 11) is 0. The second-order valence-corrected chi connectivity index (χ2v) is 6.63. The van der Waals surface area contributed by atoms with Gasteiger partial charge in [0.15, 0.2) is 0 Å². The molecule has 1 aromatic rings. The molecule has 3 rings (SSSR count). The molecule has 1 saturated heterocycles. The Morgan fingerprint density at radius 1 is 1.32 bits per heavy atom. The summed E-state index contributed by atoms with van der Waals surface area (Å²) in [6, 6.07) is 2.40. The van der Waals surface area contributed by atoms with E-state index in [0.29, 0.717) is 12.0 Å². The van der Waals surface area contributed by atoms with Crippen molar-refractivity contribution < 1.29 is 22.7 Å². The largest absolute Gasteiger partial charge is 0.476 e. The van der Waals surface area contributed by atoms with E-state index in [1.165, 1.54) is 25.3 Å². The Labute approximate surface area is 144 Å². The van der Waals surface area contributed by atoms with Crippen molar-refractivity contribution in [1.82, 2.24) is 15.6 Å². The second-order valence-electron chi connectivity index (χ2n) is 6.63. The number of hydrogen-bond donors (Lipinski definition) is 2. The number of carbonyl (C=O) groups is 1. The van der Waals surface area contributed by atoms with Gasteiger partial charge in [-0.1, -0.05) is 12.8 Å². The van der Waals surface area contributed by atoms with Crippen LogP contribution in [0.5, 0.6) is 5.88 Å². The first-order valence-corrected chi connectivity index (χ1v) is 8.63. The summed E-state index contributed by atoms with van der Waals surface area (Å²) in [5, 5.41) is 6.21. The van der Waals surface area contributed by atoms with Gasteiger partial charge in [0, 0.05) is 18.3 Å². The minimum absolute atomic E-state index is 0.0432. The van der Waals surface area contributed by atoms with E-state index in [-0.39, 0.29) is 31.0 Å². The first-order chi connectivity index (χ1) is 11.9. The Kier molecular flexibility index (Phi) is 5.46. The van der Waals surface area contributed by atoms with E-state index >= 15 is 0 Å². The van der Waals surface area contributed by atoms with Crippen LogP contribution < -0.4 is 15.4 Å². The second kappa shape index (κ2) is 7.59. The number of halogens is 3. The van der Waals surface area contributed by atoms with Gasteiger partial charge >= 0.3 is 6.18 Å². The summed E-state index contributed by atoms with van der Waals surface area (Å²) >= 11 is 0. The molecule has 3 atom stereocenters. The molecule has 25 heavy (non-hydrogen) atoms. The average Bonchev–Trinajstić information content (AvgIpc) is 3.02. The van der Waals surface area contributed by atoms with E-state index in [4.69, 9.17) is 4.74 Å². The number of carbonyl (C=O) groups excluding carboxylic acids is 1. The number of nitrogens with one attached hydrogen (secondary N) is 2. The molecule has 5 nitrogen and oxygen atoms in total. The predicted molar refractivity (Wildman–Crippen MR) is 85.0 cm³/mol. The molecule has 2 fully saturated rings. The van der Waals surface area contributed by atoms with Crippen LogP contribution in [0.15, 0.2) is 18.3 Å². The summed E-state index contributed by atoms with van der Waals surface area (Å²) in [5.74, 6) is 0.655. The third-order valence-electron chi connectivity index (χ3n) is 4.89. The van der Waals surface area contributed by atoms with E-state index in [2.05, 4.69) is 15.6 Å². The van der Waals surface area contributed by atoms with Gasteiger partial charge in [0.05, 0.1) is 18.2 Å². The van der Waals surface area contributed by atoms with Crippen molar-refractivity contribution in [2.24, 2.45) is 5.92 Å². The Bertz CT molecular complexity index is 578. The van der Waals surface area contributed by atoms with Crippen molar-refractivity contribution in [3.05, 3.63) is 23.9 Å². The van der Waals surface area contributed by atoms with Gasteiger partial charge in [0.1, 0.15) is 6.61 Å². The number of nitrogens with zero attached hydrogens (tertiary/aromatic N) is 1. The minimum Gasteiger partial charge on any atom is -0.476 e. The van der Waals surface area contributed by atoms with Gasteiger partial charge < -0.3 is 15.4 Å². The molecular formula is C17H22F3N3O2. The Balaban J connectivity index is 1.37. The average molecular weight is 357 g/mol. The zero-order valence-electron chi connectivity index (χ0n) is 13.8. The van der Waals surface area contributed by atoms with Crippen molar-refractivity contribution in [3.63, 3.8) is 0 Å². The fourth-order valence-corrected chi connectivity index (χ4v) is 3.61. The van der Waals surface area contributed by atoms with Gasteiger partial charge in [-0.05, 0) is 31.2 Å². The number of ether oxygens (including phenoxy) is 1. The van der Waals surface area contributed by atoms with Crippen molar-refractivity contribution in [2.75, 3.05) is 13.2 Å². The molecule has 138 valence electrons. The van der Waals surface area contributed by atoms with Gasteiger partial charge in [-0.3, -0.25) is 4.79 Å². The molecule has 1 aromatic heterocycles. The zero-order valence-corrected chi connectivity index (χ0v) is 13.8. The van der Waals surface area contributed by atoms with E-state index in [0.717, 1.165) is 25.1 Å². The van der Waals surface area contributed by atoms with Crippen LogP contribution in [0.3, 0.4) is 0 Å². The standard InChI is InChI=1S/C17H22F3N3O2/c18-17(19,20)12-5-6-15(22-10-12)25-8-7-21-16(24)14-9-11-3-1-2-4-13(11)23-14/h5-6,10-11,13-14,23H,1-4,7-9H2,(H,21,24)/t11-,13-,14+/m1/s1. The van der Waals surface area contributed by atoms with Crippen LogP contribution in [0.2, 0.25) is 0 Å². The monoisotopic (exact) mass is 357 g/mol. The number of amides is 1. The van der Waals surface area contributed by atoms with Crippen molar-refractivity contribution in [2.45, 2.75) is 50.4 Å². The van der Waals surface area contributed by atoms with Gasteiger partial charge in [0.2, 0.25) is 11.8 Å². The molecule has 1 aliphatic carbocycles. The van der Waals surface area contributed by atoms with Crippen LogP contribution in [0.25, 0.3) is 0 Å². The first kappa shape index (κ1) is 18.0. The fraction of sp³-hybridized carbons (Fsp3) is 0.647. The summed E-state index contributed by atoms with van der Waals surface area (Å²) in [4.78, 5) is 15.8. The number of fused-ring (bicyclic) bond motifs is 1. The van der Waals surface area contributed by atoms with Crippen LogP contribution in [0, 0.1) is 5.92 Å². The lowest BCUT2D eigenvalue weighted by Crippen LogP contribution is -2.44. The smallest absolute Gasteiger partial charge is 0.417 e. The lowest BCUT2D eigenvalue weighted by Gasteiger charge is -2.24. The molecule has 2 heterocycles. The van der Waals surface area contributed by atoms with Gasteiger partial charge in [-0.15, -0.1) is 0 Å². The molecule has 0 bridgehead atoms. The lowest BCUT2D eigenvalue weighted by atomic mass is 9.85. The topological polar surface area (TPSA) is 63.2 Å². The van der Waals surface area contributed by atoms with Crippen LogP contribution in [-0.2, 0) is 11.0 Å². The zero-order chi connectivity index (χ0) is 17.9. The maximum absolute atomic E-state index is 12.4. The van der Waals surface area contributed by atoms with E-state index in [9.17, 15) is 18.0 Å². The van der Waals surface area contributed by atoms with Crippen molar-refractivity contribution >= 4 is 5.91 Å². The normalized spacial score (nSPS) is 26.1. The van der Waals surface area contributed by atoms with Gasteiger partial charge in [-0.25, -0.2) is 4.98 Å². The minimum atomic E-state index is -4.41. The van der Waals surface area contributed by atoms with Crippen LogP contribution in [0.1, 0.15) is 37.7 Å². The third kappa shape index (κ3) is 4.62. The molecule has 2 N–H and O–H groups in total. The van der Waals surface area contributed by atoms with Gasteiger partial charge in [-0.2, -0.15) is 13.2 Å². The van der Waals surface area contributed by atoms with E-state index < -0.39 is 11.7 Å². The molecule has 8 heteroatoms. The maximum Gasteiger partial charge on any atom is 0.417 e. The number of pyridine rings is 1. The molecule has 0 spiro atoms. The SMILES string of the molecule is O=C(NCCOc1ccc(C(F)(F)F)cn1)[C@@H]1C[C@H]2CCCC[C@H]2N1. The summed E-state index contributed by atoms with van der Waals surface area (Å²) in [6.45, 7) is 0.443. The molecule has 0 unspecified atom stereocenters. The number of alkyl halides is 3. The summed E-state index contributed by atoms with van der Waals surface area (Å²) in [6.07, 6.45) is 1.98. The van der Waals surface area contributed by atoms with Crippen molar-refractivity contribution in [1.29, 1.82) is 0 Å². The highest BCUT2D eigenvalue weighted by atomic mass is 19.4. The van der Waals surface area contributed by atoms with Crippen LogP contribution in [-0.4, -0.2) is 36.1 Å². The highest BCUT2D eigenvalue weighted by molar-refractivity contribution is 5.82. The number of aromatic nitrogens is 1.